The van der Waals surface area contributed by atoms with Crippen molar-refractivity contribution in [1.29, 1.82) is 0 Å². The van der Waals surface area contributed by atoms with E-state index in [0.29, 0.717) is 31.0 Å². The van der Waals surface area contributed by atoms with Gasteiger partial charge in [0.1, 0.15) is 11.5 Å². The Morgan fingerprint density at radius 1 is 1.18 bits per heavy atom. The van der Waals surface area contributed by atoms with E-state index in [0.717, 1.165) is 47.4 Å². The Balaban J connectivity index is 1.38. The summed E-state index contributed by atoms with van der Waals surface area (Å²) in [4.78, 5) is 24.6. The standard InChI is InChI=1S/C28H28FN3O/c1-18-5-8-21(14-19(18)2)24-4-3-12-30-27(24)28(33)32(17-20-6-7-20)13-11-22-16-31-26-10-9-23(29)15-25(22)26/h3-5,8-9,12,14-16,20H,6-7,10-11,13,17H2,1-2H3. The first-order valence-corrected chi connectivity index (χ1v) is 11.7. The van der Waals surface area contributed by atoms with Crippen LogP contribution in [0.15, 0.2) is 76.8 Å². The molecular weight excluding hydrogens is 413 g/mol. The molecule has 0 radical (unpaired) electrons. The second-order valence-electron chi connectivity index (χ2n) is 9.22. The second kappa shape index (κ2) is 8.89. The molecule has 2 heterocycles. The van der Waals surface area contributed by atoms with Crippen molar-refractivity contribution in [2.45, 2.75) is 39.5 Å². The fourth-order valence-corrected chi connectivity index (χ4v) is 4.42. The molecule has 5 heteroatoms. The summed E-state index contributed by atoms with van der Waals surface area (Å²) in [6.45, 7) is 5.47. The van der Waals surface area contributed by atoms with Gasteiger partial charge in [0, 0.05) is 43.0 Å². The van der Waals surface area contributed by atoms with Crippen molar-refractivity contribution < 1.29 is 9.18 Å². The van der Waals surface area contributed by atoms with Gasteiger partial charge in [0.15, 0.2) is 0 Å². The second-order valence-corrected chi connectivity index (χ2v) is 9.22. The van der Waals surface area contributed by atoms with Gasteiger partial charge in [0.05, 0.1) is 5.71 Å². The van der Waals surface area contributed by atoms with Crippen molar-refractivity contribution in [2.75, 3.05) is 13.1 Å². The van der Waals surface area contributed by atoms with E-state index in [1.54, 1.807) is 18.3 Å². The van der Waals surface area contributed by atoms with Crippen LogP contribution in [-0.2, 0) is 0 Å². The van der Waals surface area contributed by atoms with E-state index in [9.17, 15) is 9.18 Å². The third-order valence-electron chi connectivity index (χ3n) is 6.75. The van der Waals surface area contributed by atoms with Crippen molar-refractivity contribution in [1.82, 2.24) is 9.88 Å². The lowest BCUT2D eigenvalue weighted by Crippen LogP contribution is -2.35. The Labute approximate surface area is 194 Å². The number of hydrogen-bond donors (Lipinski definition) is 0. The number of carbonyl (C=O) groups is 1. The molecule has 1 aromatic carbocycles. The number of carbonyl (C=O) groups excluding carboxylic acids is 1. The van der Waals surface area contributed by atoms with Crippen LogP contribution in [0.2, 0.25) is 0 Å². The molecule has 33 heavy (non-hydrogen) atoms. The molecule has 1 saturated carbocycles. The van der Waals surface area contributed by atoms with Crippen LogP contribution in [0.5, 0.6) is 0 Å². The maximum atomic E-state index is 13.8. The lowest BCUT2D eigenvalue weighted by atomic mass is 9.95. The summed E-state index contributed by atoms with van der Waals surface area (Å²) in [7, 11) is 0. The quantitative estimate of drug-likeness (QED) is 0.519. The molecule has 4 nitrogen and oxygen atoms in total. The molecule has 1 aromatic heterocycles. The molecule has 0 unspecified atom stereocenters. The Bertz CT molecular complexity index is 1230. The van der Waals surface area contributed by atoms with E-state index in [2.05, 4.69) is 42.0 Å². The van der Waals surface area contributed by atoms with Crippen LogP contribution in [0.1, 0.15) is 47.3 Å². The molecular formula is C28H28FN3O. The normalized spacial score (nSPS) is 17.1. The third-order valence-corrected chi connectivity index (χ3v) is 6.75. The summed E-state index contributed by atoms with van der Waals surface area (Å²) >= 11 is 0. The highest BCUT2D eigenvalue weighted by molar-refractivity contribution is 6.08. The SMILES string of the molecule is Cc1ccc(-c2cccnc2C(=O)N(CCC2=CN=C3CC=C(F)C=C23)CC2CC2)cc1C. The van der Waals surface area contributed by atoms with Crippen LogP contribution in [0.25, 0.3) is 11.1 Å². The molecule has 0 saturated heterocycles. The van der Waals surface area contributed by atoms with Crippen LogP contribution >= 0.6 is 0 Å². The van der Waals surface area contributed by atoms with E-state index in [4.69, 9.17) is 0 Å². The predicted molar refractivity (Wildman–Crippen MR) is 130 cm³/mol. The lowest BCUT2D eigenvalue weighted by molar-refractivity contribution is 0.0744. The number of rotatable bonds is 7. The number of hydrogen-bond acceptors (Lipinski definition) is 3. The van der Waals surface area contributed by atoms with Crippen LogP contribution in [0, 0.1) is 19.8 Å². The summed E-state index contributed by atoms with van der Waals surface area (Å²) in [6.07, 6.45) is 10.1. The molecule has 3 aliphatic rings. The average Bonchev–Trinajstić information content (AvgIpc) is 3.56. The molecule has 168 valence electrons. The number of aryl methyl sites for hydroxylation is 2. The first-order chi connectivity index (χ1) is 16.0. The van der Waals surface area contributed by atoms with Gasteiger partial charge in [-0.1, -0.05) is 24.3 Å². The summed E-state index contributed by atoms with van der Waals surface area (Å²) in [6, 6.07) is 10.1. The highest BCUT2D eigenvalue weighted by Gasteiger charge is 2.30. The van der Waals surface area contributed by atoms with Crippen molar-refractivity contribution in [3.05, 3.63) is 88.7 Å². The van der Waals surface area contributed by atoms with Crippen molar-refractivity contribution in [3.8, 4) is 11.1 Å². The number of amides is 1. The Morgan fingerprint density at radius 3 is 2.82 bits per heavy atom. The number of allylic oxidation sites excluding steroid dienone is 4. The number of aromatic nitrogens is 1. The van der Waals surface area contributed by atoms with Gasteiger partial charge in [-0.3, -0.25) is 14.8 Å². The minimum atomic E-state index is -0.214. The number of benzene rings is 1. The average molecular weight is 442 g/mol. The summed E-state index contributed by atoms with van der Waals surface area (Å²) in [5.74, 6) is 0.301. The van der Waals surface area contributed by atoms with Gasteiger partial charge in [-0.25, -0.2) is 4.39 Å². The predicted octanol–water partition coefficient (Wildman–Crippen LogP) is 6.13. The van der Waals surface area contributed by atoms with E-state index < -0.39 is 0 Å². The van der Waals surface area contributed by atoms with Gasteiger partial charge in [-0.2, -0.15) is 0 Å². The van der Waals surface area contributed by atoms with E-state index in [1.807, 2.05) is 23.2 Å². The molecule has 2 aromatic rings. The number of aliphatic imine (C=N–C) groups is 1. The van der Waals surface area contributed by atoms with Gasteiger partial charge >= 0.3 is 0 Å². The molecule has 0 N–H and O–H groups in total. The fraction of sp³-hybridized carbons (Fsp3) is 0.321. The minimum Gasteiger partial charge on any atom is -0.337 e. The van der Waals surface area contributed by atoms with Gasteiger partial charge in [0.25, 0.3) is 5.91 Å². The first kappa shape index (κ1) is 21.5. The van der Waals surface area contributed by atoms with Crippen LogP contribution in [0.3, 0.4) is 0 Å². The Hall–Kier alpha value is -3.34. The number of fused-ring (bicyclic) bond motifs is 1. The number of nitrogens with zero attached hydrogens (tertiary/aromatic N) is 3. The lowest BCUT2D eigenvalue weighted by Gasteiger charge is -2.24. The zero-order valence-electron chi connectivity index (χ0n) is 19.1. The van der Waals surface area contributed by atoms with E-state index in [1.165, 1.54) is 11.1 Å². The molecule has 0 atom stereocenters. The van der Waals surface area contributed by atoms with Crippen molar-refractivity contribution >= 4 is 11.6 Å². The summed E-state index contributed by atoms with van der Waals surface area (Å²) in [5.41, 5.74) is 7.56. The zero-order chi connectivity index (χ0) is 22.9. The van der Waals surface area contributed by atoms with Gasteiger partial charge in [0.2, 0.25) is 0 Å². The smallest absolute Gasteiger partial charge is 0.273 e. The van der Waals surface area contributed by atoms with Crippen molar-refractivity contribution in [2.24, 2.45) is 10.9 Å². The first-order valence-electron chi connectivity index (χ1n) is 11.7. The highest BCUT2D eigenvalue weighted by Crippen LogP contribution is 2.33. The van der Waals surface area contributed by atoms with Gasteiger partial charge in [-0.15, -0.1) is 0 Å². The fourth-order valence-electron chi connectivity index (χ4n) is 4.42. The maximum absolute atomic E-state index is 13.8. The minimum absolute atomic E-state index is 0.0424. The Morgan fingerprint density at radius 2 is 2.03 bits per heavy atom. The largest absolute Gasteiger partial charge is 0.337 e. The number of halogens is 1. The maximum Gasteiger partial charge on any atom is 0.273 e. The number of pyridine rings is 1. The van der Waals surface area contributed by atoms with E-state index in [-0.39, 0.29) is 11.7 Å². The molecule has 1 aliphatic heterocycles. The molecule has 0 spiro atoms. The zero-order valence-corrected chi connectivity index (χ0v) is 19.1. The summed E-state index contributed by atoms with van der Waals surface area (Å²) < 4.78 is 13.8. The third kappa shape index (κ3) is 4.58. The van der Waals surface area contributed by atoms with Gasteiger partial charge < -0.3 is 4.90 Å². The highest BCUT2D eigenvalue weighted by atomic mass is 19.1. The molecule has 1 fully saturated rings. The van der Waals surface area contributed by atoms with Gasteiger partial charge in [-0.05, 0) is 79.5 Å². The van der Waals surface area contributed by atoms with Crippen molar-refractivity contribution in [3.63, 3.8) is 0 Å². The molecule has 1 amide bonds. The summed E-state index contributed by atoms with van der Waals surface area (Å²) in [5, 5.41) is 0. The van der Waals surface area contributed by atoms with Crippen LogP contribution < -0.4 is 0 Å². The van der Waals surface area contributed by atoms with Crippen LogP contribution in [-0.4, -0.2) is 34.6 Å². The molecule has 0 bridgehead atoms. The monoisotopic (exact) mass is 441 g/mol. The molecule has 5 rings (SSSR count). The topological polar surface area (TPSA) is 45.6 Å². The molecule has 2 aliphatic carbocycles. The Kier molecular flexibility index (Phi) is 5.79. The van der Waals surface area contributed by atoms with E-state index >= 15 is 0 Å². The van der Waals surface area contributed by atoms with Crippen LogP contribution in [0.4, 0.5) is 4.39 Å².